The molecule has 1 amide bonds. The Labute approximate surface area is 165 Å². The van der Waals surface area contributed by atoms with Crippen LogP contribution in [0.2, 0.25) is 4.34 Å². The maximum Gasteiger partial charge on any atom is 0.270 e. The second-order valence-corrected chi connectivity index (χ2v) is 8.77. The van der Waals surface area contributed by atoms with Gasteiger partial charge in [0.15, 0.2) is 5.13 Å². The molecule has 5 nitrogen and oxygen atoms in total. The van der Waals surface area contributed by atoms with Crippen molar-refractivity contribution in [2.75, 3.05) is 39.2 Å². The Morgan fingerprint density at radius 1 is 1.19 bits per heavy atom. The molecule has 0 unspecified atom stereocenters. The Kier molecular flexibility index (Phi) is 6.13. The SMILES string of the molecule is COc1ccc2nc(N(CCCN(C)C)C(=O)c3ccc(Cl)s3)sc2c1. The summed E-state index contributed by atoms with van der Waals surface area (Å²) in [6, 6.07) is 9.26. The van der Waals surface area contributed by atoms with E-state index in [1.807, 2.05) is 32.3 Å². The van der Waals surface area contributed by atoms with Gasteiger partial charge in [0.25, 0.3) is 5.91 Å². The molecule has 26 heavy (non-hydrogen) atoms. The van der Waals surface area contributed by atoms with Crippen molar-refractivity contribution in [1.82, 2.24) is 9.88 Å². The Bertz CT molecular complexity index is 907. The van der Waals surface area contributed by atoms with Crippen LogP contribution in [0.1, 0.15) is 16.1 Å². The number of halogens is 1. The fourth-order valence-corrected chi connectivity index (χ4v) is 4.54. The van der Waals surface area contributed by atoms with Crippen LogP contribution in [0.5, 0.6) is 5.75 Å². The van der Waals surface area contributed by atoms with E-state index in [9.17, 15) is 4.79 Å². The number of hydrogen-bond donors (Lipinski definition) is 0. The molecule has 0 atom stereocenters. The van der Waals surface area contributed by atoms with E-state index >= 15 is 0 Å². The number of methoxy groups -OCH3 is 1. The Hall–Kier alpha value is -1.67. The molecule has 0 aliphatic carbocycles. The Balaban J connectivity index is 1.92. The van der Waals surface area contributed by atoms with Gasteiger partial charge >= 0.3 is 0 Å². The van der Waals surface area contributed by atoms with Crippen molar-refractivity contribution in [3.05, 3.63) is 39.5 Å². The van der Waals surface area contributed by atoms with Crippen LogP contribution in [-0.2, 0) is 0 Å². The summed E-state index contributed by atoms with van der Waals surface area (Å²) in [6.45, 7) is 1.50. The normalized spacial score (nSPS) is 11.3. The number of anilines is 1. The number of nitrogens with zero attached hydrogens (tertiary/aromatic N) is 3. The van der Waals surface area contributed by atoms with Gasteiger partial charge in [-0.1, -0.05) is 22.9 Å². The number of hydrogen-bond acceptors (Lipinski definition) is 6. The van der Waals surface area contributed by atoms with Gasteiger partial charge in [0.1, 0.15) is 5.75 Å². The predicted molar refractivity (Wildman–Crippen MR) is 110 cm³/mol. The first kappa shape index (κ1) is 19.1. The maximum absolute atomic E-state index is 13.0. The number of rotatable bonds is 7. The van der Waals surface area contributed by atoms with Crippen molar-refractivity contribution >= 4 is 55.5 Å². The molecule has 0 bridgehead atoms. The summed E-state index contributed by atoms with van der Waals surface area (Å²) in [7, 11) is 5.69. The molecule has 3 aromatic rings. The molecular weight excluding hydrogens is 390 g/mol. The van der Waals surface area contributed by atoms with Gasteiger partial charge in [-0.2, -0.15) is 0 Å². The van der Waals surface area contributed by atoms with Crippen LogP contribution >= 0.6 is 34.3 Å². The fourth-order valence-electron chi connectivity index (χ4n) is 2.53. The summed E-state index contributed by atoms with van der Waals surface area (Å²) in [5.41, 5.74) is 0.862. The van der Waals surface area contributed by atoms with E-state index in [-0.39, 0.29) is 5.91 Å². The van der Waals surface area contributed by atoms with Crippen LogP contribution in [0.4, 0.5) is 5.13 Å². The van der Waals surface area contributed by atoms with E-state index in [4.69, 9.17) is 16.3 Å². The highest BCUT2D eigenvalue weighted by atomic mass is 35.5. The second kappa shape index (κ2) is 8.35. The van der Waals surface area contributed by atoms with Crippen molar-refractivity contribution < 1.29 is 9.53 Å². The van der Waals surface area contributed by atoms with Crippen LogP contribution in [0.25, 0.3) is 10.2 Å². The van der Waals surface area contributed by atoms with Gasteiger partial charge in [-0.05, 0) is 57.4 Å². The molecule has 1 aromatic carbocycles. The molecule has 0 aliphatic rings. The minimum atomic E-state index is -0.0633. The number of fused-ring (bicyclic) bond motifs is 1. The highest BCUT2D eigenvalue weighted by Gasteiger charge is 2.22. The van der Waals surface area contributed by atoms with Gasteiger partial charge in [-0.15, -0.1) is 11.3 Å². The quantitative estimate of drug-likeness (QED) is 0.571. The van der Waals surface area contributed by atoms with E-state index in [0.717, 1.165) is 28.9 Å². The van der Waals surface area contributed by atoms with Crippen molar-refractivity contribution in [2.24, 2.45) is 0 Å². The van der Waals surface area contributed by atoms with Gasteiger partial charge in [-0.3, -0.25) is 9.69 Å². The molecular formula is C18H20ClN3O2S2. The molecule has 0 saturated heterocycles. The highest BCUT2D eigenvalue weighted by Crippen LogP contribution is 2.33. The van der Waals surface area contributed by atoms with E-state index in [1.165, 1.54) is 22.7 Å². The Morgan fingerprint density at radius 3 is 2.65 bits per heavy atom. The van der Waals surface area contributed by atoms with E-state index in [1.54, 1.807) is 24.1 Å². The lowest BCUT2D eigenvalue weighted by Crippen LogP contribution is -2.32. The minimum absolute atomic E-state index is 0.0633. The number of thiazole rings is 1. The first-order chi connectivity index (χ1) is 12.5. The molecule has 138 valence electrons. The first-order valence-corrected chi connectivity index (χ1v) is 10.2. The number of aromatic nitrogens is 1. The van der Waals surface area contributed by atoms with Crippen molar-refractivity contribution in [1.29, 1.82) is 0 Å². The third kappa shape index (κ3) is 4.35. The zero-order chi connectivity index (χ0) is 18.7. The second-order valence-electron chi connectivity index (χ2n) is 6.05. The summed E-state index contributed by atoms with van der Waals surface area (Å²) in [6.07, 6.45) is 0.858. The van der Waals surface area contributed by atoms with Crippen LogP contribution < -0.4 is 9.64 Å². The molecule has 0 spiro atoms. The van der Waals surface area contributed by atoms with Crippen LogP contribution in [0.3, 0.4) is 0 Å². The van der Waals surface area contributed by atoms with E-state index < -0.39 is 0 Å². The number of carbonyl (C=O) groups excluding carboxylic acids is 1. The topological polar surface area (TPSA) is 45.7 Å². The summed E-state index contributed by atoms with van der Waals surface area (Å²) in [4.78, 5) is 22.2. The summed E-state index contributed by atoms with van der Waals surface area (Å²) in [5, 5.41) is 0.696. The van der Waals surface area contributed by atoms with Gasteiger partial charge < -0.3 is 9.64 Å². The average molecular weight is 410 g/mol. The standard InChI is InChI=1S/C18H20ClN3O2S2/c1-21(2)9-4-10-22(17(23)14-7-8-16(19)25-14)18-20-13-6-5-12(24-3)11-15(13)26-18/h5-8,11H,4,9-10H2,1-3H3. The number of carbonyl (C=O) groups is 1. The molecule has 0 fully saturated rings. The first-order valence-electron chi connectivity index (χ1n) is 8.14. The molecule has 0 N–H and O–H groups in total. The van der Waals surface area contributed by atoms with Crippen molar-refractivity contribution in [3.63, 3.8) is 0 Å². The lowest BCUT2D eigenvalue weighted by Gasteiger charge is -2.20. The van der Waals surface area contributed by atoms with Crippen LogP contribution in [0.15, 0.2) is 30.3 Å². The smallest absolute Gasteiger partial charge is 0.270 e. The molecule has 0 saturated carbocycles. The monoisotopic (exact) mass is 409 g/mol. The maximum atomic E-state index is 13.0. The van der Waals surface area contributed by atoms with Crippen LogP contribution in [0, 0.1) is 0 Å². The average Bonchev–Trinajstić information content (AvgIpc) is 3.23. The van der Waals surface area contributed by atoms with Crippen molar-refractivity contribution in [3.8, 4) is 5.75 Å². The van der Waals surface area contributed by atoms with Crippen LogP contribution in [-0.4, -0.2) is 50.1 Å². The summed E-state index contributed by atoms with van der Waals surface area (Å²) >= 11 is 8.80. The lowest BCUT2D eigenvalue weighted by molar-refractivity contribution is 0.0990. The number of benzene rings is 1. The molecule has 0 radical (unpaired) electrons. The molecule has 2 aromatic heterocycles. The number of thiophene rings is 1. The summed E-state index contributed by atoms with van der Waals surface area (Å²) in [5.74, 6) is 0.718. The summed E-state index contributed by atoms with van der Waals surface area (Å²) < 4.78 is 6.88. The van der Waals surface area contributed by atoms with E-state index in [2.05, 4.69) is 9.88 Å². The van der Waals surface area contributed by atoms with Gasteiger partial charge in [0.05, 0.1) is 26.5 Å². The largest absolute Gasteiger partial charge is 0.497 e. The number of amides is 1. The predicted octanol–water partition coefficient (Wildman–Crippen LogP) is 4.62. The highest BCUT2D eigenvalue weighted by molar-refractivity contribution is 7.22. The zero-order valence-corrected chi connectivity index (χ0v) is 17.2. The third-order valence-corrected chi connectivity index (χ3v) is 6.09. The van der Waals surface area contributed by atoms with Gasteiger partial charge in [-0.25, -0.2) is 4.98 Å². The van der Waals surface area contributed by atoms with Gasteiger partial charge in [0.2, 0.25) is 0 Å². The Morgan fingerprint density at radius 2 is 2.00 bits per heavy atom. The zero-order valence-electron chi connectivity index (χ0n) is 14.9. The van der Waals surface area contributed by atoms with Crippen molar-refractivity contribution in [2.45, 2.75) is 6.42 Å². The molecule has 8 heteroatoms. The van der Waals surface area contributed by atoms with Gasteiger partial charge in [0, 0.05) is 6.54 Å². The molecule has 3 rings (SSSR count). The molecule has 2 heterocycles. The minimum Gasteiger partial charge on any atom is -0.497 e. The fraction of sp³-hybridized carbons (Fsp3) is 0.333. The molecule has 0 aliphatic heterocycles. The number of ether oxygens (including phenoxy) is 1. The lowest BCUT2D eigenvalue weighted by atomic mass is 10.3. The third-order valence-electron chi connectivity index (χ3n) is 3.83. The van der Waals surface area contributed by atoms with E-state index in [0.29, 0.717) is 20.9 Å².